The van der Waals surface area contributed by atoms with Gasteiger partial charge in [-0.3, -0.25) is 4.79 Å². The molecule has 19 heavy (non-hydrogen) atoms. The standard InChI is InChI=1S/C16H24N2O/c1-13-6-7-14(2)15(12-13)16(19)17-8-11-18-9-4-3-5-10-18/h6-7,12H,3-5,8-11H2,1-2H3,(H,17,19). The van der Waals surface area contributed by atoms with Crippen LogP contribution in [0.4, 0.5) is 0 Å². The number of carbonyl (C=O) groups is 1. The first-order valence-corrected chi connectivity index (χ1v) is 7.24. The van der Waals surface area contributed by atoms with Crippen LogP contribution in [0.5, 0.6) is 0 Å². The number of amides is 1. The average Bonchev–Trinajstić information content (AvgIpc) is 2.42. The van der Waals surface area contributed by atoms with Gasteiger partial charge in [-0.2, -0.15) is 0 Å². The number of aryl methyl sites for hydroxylation is 2. The van der Waals surface area contributed by atoms with Crippen molar-refractivity contribution in [3.8, 4) is 0 Å². The van der Waals surface area contributed by atoms with E-state index in [4.69, 9.17) is 0 Å². The SMILES string of the molecule is Cc1ccc(C)c(C(=O)NCCN2CCCCC2)c1. The van der Waals surface area contributed by atoms with Gasteiger partial charge >= 0.3 is 0 Å². The van der Waals surface area contributed by atoms with E-state index in [9.17, 15) is 4.79 Å². The summed E-state index contributed by atoms with van der Waals surface area (Å²) in [7, 11) is 0. The van der Waals surface area contributed by atoms with Crippen LogP contribution in [0, 0.1) is 13.8 Å². The molecule has 0 bridgehead atoms. The normalized spacial score (nSPS) is 16.3. The summed E-state index contributed by atoms with van der Waals surface area (Å²) < 4.78 is 0. The molecular formula is C16H24N2O. The fourth-order valence-corrected chi connectivity index (χ4v) is 2.59. The third-order valence-electron chi connectivity index (χ3n) is 3.80. The molecule has 1 aliphatic heterocycles. The minimum Gasteiger partial charge on any atom is -0.351 e. The predicted molar refractivity (Wildman–Crippen MR) is 78.5 cm³/mol. The maximum Gasteiger partial charge on any atom is 0.251 e. The summed E-state index contributed by atoms with van der Waals surface area (Å²) in [6, 6.07) is 6.01. The number of nitrogens with zero attached hydrogens (tertiary/aromatic N) is 1. The van der Waals surface area contributed by atoms with E-state index in [2.05, 4.69) is 10.2 Å². The highest BCUT2D eigenvalue weighted by molar-refractivity contribution is 5.95. The zero-order valence-electron chi connectivity index (χ0n) is 12.0. The summed E-state index contributed by atoms with van der Waals surface area (Å²) in [4.78, 5) is 14.6. The topological polar surface area (TPSA) is 32.3 Å². The molecule has 1 aromatic rings. The van der Waals surface area contributed by atoms with Crippen molar-refractivity contribution >= 4 is 5.91 Å². The number of rotatable bonds is 4. The van der Waals surface area contributed by atoms with Crippen molar-refractivity contribution in [3.05, 3.63) is 34.9 Å². The molecule has 1 aromatic carbocycles. The van der Waals surface area contributed by atoms with Crippen molar-refractivity contribution in [1.82, 2.24) is 10.2 Å². The molecule has 2 rings (SSSR count). The number of nitrogens with one attached hydrogen (secondary N) is 1. The van der Waals surface area contributed by atoms with E-state index < -0.39 is 0 Å². The van der Waals surface area contributed by atoms with Crippen LogP contribution < -0.4 is 5.32 Å². The monoisotopic (exact) mass is 260 g/mol. The molecule has 3 heteroatoms. The number of likely N-dealkylation sites (tertiary alicyclic amines) is 1. The van der Waals surface area contributed by atoms with Crippen LogP contribution in [0.15, 0.2) is 18.2 Å². The van der Waals surface area contributed by atoms with Gasteiger partial charge in [0.25, 0.3) is 5.91 Å². The summed E-state index contributed by atoms with van der Waals surface area (Å²) in [6.45, 7) is 8.07. The lowest BCUT2D eigenvalue weighted by Crippen LogP contribution is -2.37. The maximum absolute atomic E-state index is 12.1. The Labute approximate surface area is 116 Å². The molecule has 0 spiro atoms. The van der Waals surface area contributed by atoms with Crippen molar-refractivity contribution in [2.24, 2.45) is 0 Å². The van der Waals surface area contributed by atoms with Gasteiger partial charge in [0.2, 0.25) is 0 Å². The van der Waals surface area contributed by atoms with Crippen molar-refractivity contribution in [2.75, 3.05) is 26.2 Å². The van der Waals surface area contributed by atoms with E-state index in [1.54, 1.807) is 0 Å². The first kappa shape index (κ1) is 14.1. The smallest absolute Gasteiger partial charge is 0.251 e. The van der Waals surface area contributed by atoms with Crippen LogP contribution in [-0.2, 0) is 0 Å². The zero-order chi connectivity index (χ0) is 13.7. The molecule has 0 radical (unpaired) electrons. The van der Waals surface area contributed by atoms with E-state index in [0.717, 1.165) is 29.8 Å². The van der Waals surface area contributed by atoms with Crippen molar-refractivity contribution < 1.29 is 4.79 Å². The van der Waals surface area contributed by atoms with Crippen LogP contribution in [-0.4, -0.2) is 37.0 Å². The Bertz CT molecular complexity index is 436. The highest BCUT2D eigenvalue weighted by Crippen LogP contribution is 2.10. The third-order valence-corrected chi connectivity index (χ3v) is 3.80. The van der Waals surface area contributed by atoms with E-state index >= 15 is 0 Å². The van der Waals surface area contributed by atoms with Crippen molar-refractivity contribution in [2.45, 2.75) is 33.1 Å². The molecule has 3 nitrogen and oxygen atoms in total. The Morgan fingerprint density at radius 1 is 1.21 bits per heavy atom. The second-order valence-corrected chi connectivity index (χ2v) is 5.48. The van der Waals surface area contributed by atoms with Crippen LogP contribution in [0.1, 0.15) is 40.7 Å². The van der Waals surface area contributed by atoms with Gasteiger partial charge in [-0.1, -0.05) is 24.1 Å². The van der Waals surface area contributed by atoms with Crippen LogP contribution in [0.2, 0.25) is 0 Å². The highest BCUT2D eigenvalue weighted by Gasteiger charge is 2.11. The number of hydrogen-bond donors (Lipinski definition) is 1. The highest BCUT2D eigenvalue weighted by atomic mass is 16.1. The molecule has 1 N–H and O–H groups in total. The Morgan fingerprint density at radius 3 is 2.68 bits per heavy atom. The largest absolute Gasteiger partial charge is 0.351 e. The molecule has 0 unspecified atom stereocenters. The number of carbonyl (C=O) groups excluding carboxylic acids is 1. The molecule has 0 aromatic heterocycles. The fraction of sp³-hybridized carbons (Fsp3) is 0.562. The predicted octanol–water partition coefficient (Wildman–Crippen LogP) is 2.52. The summed E-state index contributed by atoms with van der Waals surface area (Å²) >= 11 is 0. The molecule has 1 heterocycles. The zero-order valence-corrected chi connectivity index (χ0v) is 12.0. The fourth-order valence-electron chi connectivity index (χ4n) is 2.59. The lowest BCUT2D eigenvalue weighted by Gasteiger charge is -2.26. The Hall–Kier alpha value is -1.35. The Kier molecular flexibility index (Phi) is 4.97. The molecule has 1 fully saturated rings. The average molecular weight is 260 g/mol. The van der Waals surface area contributed by atoms with Crippen molar-refractivity contribution in [1.29, 1.82) is 0 Å². The van der Waals surface area contributed by atoms with Crippen LogP contribution in [0.25, 0.3) is 0 Å². The summed E-state index contributed by atoms with van der Waals surface area (Å²) in [5, 5.41) is 3.03. The lowest BCUT2D eigenvalue weighted by molar-refractivity contribution is 0.0946. The summed E-state index contributed by atoms with van der Waals surface area (Å²) in [6.07, 6.45) is 3.95. The van der Waals surface area contributed by atoms with E-state index in [0.29, 0.717) is 0 Å². The van der Waals surface area contributed by atoms with Gasteiger partial charge in [-0.15, -0.1) is 0 Å². The van der Waals surface area contributed by atoms with Gasteiger partial charge in [0.1, 0.15) is 0 Å². The van der Waals surface area contributed by atoms with Crippen LogP contribution >= 0.6 is 0 Å². The van der Waals surface area contributed by atoms with Gasteiger partial charge in [-0.05, 0) is 51.4 Å². The minimum absolute atomic E-state index is 0.0539. The maximum atomic E-state index is 12.1. The quantitative estimate of drug-likeness (QED) is 0.902. The lowest BCUT2D eigenvalue weighted by atomic mass is 10.1. The summed E-state index contributed by atoms with van der Waals surface area (Å²) in [5.41, 5.74) is 2.98. The second-order valence-electron chi connectivity index (χ2n) is 5.48. The Balaban J connectivity index is 1.82. The van der Waals surface area contributed by atoms with Gasteiger partial charge in [0.15, 0.2) is 0 Å². The molecule has 1 aliphatic rings. The third kappa shape index (κ3) is 4.06. The van der Waals surface area contributed by atoms with E-state index in [1.807, 2.05) is 32.0 Å². The van der Waals surface area contributed by atoms with E-state index in [-0.39, 0.29) is 5.91 Å². The van der Waals surface area contributed by atoms with Gasteiger partial charge < -0.3 is 10.2 Å². The van der Waals surface area contributed by atoms with Gasteiger partial charge in [-0.25, -0.2) is 0 Å². The minimum atomic E-state index is 0.0539. The number of piperidine rings is 1. The van der Waals surface area contributed by atoms with Gasteiger partial charge in [0.05, 0.1) is 0 Å². The first-order valence-electron chi connectivity index (χ1n) is 7.24. The van der Waals surface area contributed by atoms with Gasteiger partial charge in [0, 0.05) is 18.7 Å². The molecule has 0 saturated carbocycles. The second kappa shape index (κ2) is 6.71. The first-order chi connectivity index (χ1) is 9.16. The van der Waals surface area contributed by atoms with Crippen LogP contribution in [0.3, 0.4) is 0 Å². The molecule has 1 saturated heterocycles. The van der Waals surface area contributed by atoms with E-state index in [1.165, 1.54) is 32.4 Å². The molecule has 1 amide bonds. The molecule has 104 valence electrons. The van der Waals surface area contributed by atoms with Crippen molar-refractivity contribution in [3.63, 3.8) is 0 Å². The Morgan fingerprint density at radius 2 is 1.95 bits per heavy atom. The molecular weight excluding hydrogens is 236 g/mol. The number of benzene rings is 1. The summed E-state index contributed by atoms with van der Waals surface area (Å²) in [5.74, 6) is 0.0539. The molecule has 0 aliphatic carbocycles. The number of hydrogen-bond acceptors (Lipinski definition) is 2. The molecule has 0 atom stereocenters.